The summed E-state index contributed by atoms with van der Waals surface area (Å²) in [7, 11) is 0. The van der Waals surface area contributed by atoms with Gasteiger partial charge in [0.1, 0.15) is 6.04 Å². The minimum atomic E-state index is -1.04. The number of aromatic nitrogens is 1. The van der Waals surface area contributed by atoms with Crippen molar-refractivity contribution in [3.05, 3.63) is 42.1 Å². The third-order valence-corrected chi connectivity index (χ3v) is 3.94. The van der Waals surface area contributed by atoms with Gasteiger partial charge in [0.25, 0.3) is 11.8 Å². The van der Waals surface area contributed by atoms with Gasteiger partial charge in [0.15, 0.2) is 0 Å². The number of pyridine rings is 1. The van der Waals surface area contributed by atoms with Crippen molar-refractivity contribution in [2.45, 2.75) is 6.04 Å². The number of amides is 2. The Morgan fingerprint density at radius 2 is 2.04 bits per heavy atom. The van der Waals surface area contributed by atoms with E-state index in [0.717, 1.165) is 10.9 Å². The monoisotopic (exact) mass is 344 g/mol. The Kier molecular flexibility index (Phi) is 5.54. The summed E-state index contributed by atoms with van der Waals surface area (Å²) in [5, 5.41) is 14.5. The summed E-state index contributed by atoms with van der Waals surface area (Å²) in [6.07, 6.45) is 1.45. The van der Waals surface area contributed by atoms with Crippen LogP contribution in [0, 0.1) is 0 Å². The topological polar surface area (TPSA) is 104 Å². The molecular formula is C17H20N4O4. The minimum absolute atomic E-state index is 0.330. The Morgan fingerprint density at radius 3 is 2.80 bits per heavy atom. The van der Waals surface area contributed by atoms with Gasteiger partial charge in [0.05, 0.1) is 30.9 Å². The van der Waals surface area contributed by atoms with Gasteiger partial charge in [-0.15, -0.1) is 0 Å². The standard InChI is InChI=1S/C17H20N4O4/c22-11-15(17(24)20-21-5-7-25-8-6-21)19-16(23)13-9-12-3-1-2-4-14(12)18-10-13/h1-4,9-10,15,22H,5-8,11H2,(H,19,23)(H,20,24)/t15-/m0/s1. The number of carbonyl (C=O) groups excluding carboxylic acids is 2. The van der Waals surface area contributed by atoms with E-state index in [0.29, 0.717) is 31.9 Å². The first-order valence-corrected chi connectivity index (χ1v) is 8.07. The first-order valence-electron chi connectivity index (χ1n) is 8.07. The molecule has 1 aliphatic rings. The second-order valence-electron chi connectivity index (χ2n) is 5.70. The van der Waals surface area contributed by atoms with Gasteiger partial charge in [-0.1, -0.05) is 18.2 Å². The number of morpholine rings is 1. The van der Waals surface area contributed by atoms with E-state index < -0.39 is 24.5 Å². The number of nitrogens with one attached hydrogen (secondary N) is 2. The van der Waals surface area contributed by atoms with Gasteiger partial charge in [0, 0.05) is 24.7 Å². The van der Waals surface area contributed by atoms with E-state index in [4.69, 9.17) is 4.74 Å². The van der Waals surface area contributed by atoms with E-state index >= 15 is 0 Å². The third kappa shape index (κ3) is 4.30. The lowest BCUT2D eigenvalue weighted by atomic mass is 10.1. The van der Waals surface area contributed by atoms with Crippen molar-refractivity contribution in [2.75, 3.05) is 32.9 Å². The number of rotatable bonds is 5. The maximum absolute atomic E-state index is 12.4. The van der Waals surface area contributed by atoms with Crippen molar-refractivity contribution in [3.63, 3.8) is 0 Å². The molecule has 0 saturated carbocycles. The SMILES string of the molecule is O=C(N[C@@H](CO)C(=O)NN1CCOCC1)c1cnc2ccccc2c1. The number of ether oxygens (including phenoxy) is 1. The molecule has 1 aromatic heterocycles. The average Bonchev–Trinajstić information content (AvgIpc) is 2.66. The largest absolute Gasteiger partial charge is 0.394 e. The van der Waals surface area contributed by atoms with Crippen molar-refractivity contribution in [3.8, 4) is 0 Å². The maximum atomic E-state index is 12.4. The highest BCUT2D eigenvalue weighted by molar-refractivity contribution is 5.99. The molecule has 1 aromatic carbocycles. The molecule has 1 aliphatic heterocycles. The number of hydrogen-bond acceptors (Lipinski definition) is 6. The molecule has 1 fully saturated rings. The fraction of sp³-hybridized carbons (Fsp3) is 0.353. The smallest absolute Gasteiger partial charge is 0.259 e. The van der Waals surface area contributed by atoms with E-state index in [2.05, 4.69) is 15.7 Å². The Hall–Kier alpha value is -2.55. The normalized spacial score (nSPS) is 16.4. The second kappa shape index (κ2) is 8.02. The number of aliphatic hydroxyl groups excluding tert-OH is 1. The third-order valence-electron chi connectivity index (χ3n) is 3.94. The van der Waals surface area contributed by atoms with Crippen LogP contribution in [0.5, 0.6) is 0 Å². The summed E-state index contributed by atoms with van der Waals surface area (Å²) >= 11 is 0. The highest BCUT2D eigenvalue weighted by Gasteiger charge is 2.23. The van der Waals surface area contributed by atoms with Crippen molar-refractivity contribution >= 4 is 22.7 Å². The van der Waals surface area contributed by atoms with E-state index in [1.807, 2.05) is 24.3 Å². The fourth-order valence-electron chi connectivity index (χ4n) is 2.54. The van der Waals surface area contributed by atoms with Crippen LogP contribution in [0.15, 0.2) is 36.5 Å². The van der Waals surface area contributed by atoms with Crippen LogP contribution in [0.1, 0.15) is 10.4 Å². The molecule has 0 spiro atoms. The molecule has 8 nitrogen and oxygen atoms in total. The van der Waals surface area contributed by atoms with Crippen molar-refractivity contribution in [1.82, 2.24) is 20.7 Å². The molecule has 132 valence electrons. The van der Waals surface area contributed by atoms with Gasteiger partial charge in [-0.25, -0.2) is 5.01 Å². The van der Waals surface area contributed by atoms with Gasteiger partial charge in [-0.05, 0) is 12.1 Å². The summed E-state index contributed by atoms with van der Waals surface area (Å²) in [6, 6.07) is 8.09. The van der Waals surface area contributed by atoms with Gasteiger partial charge in [0.2, 0.25) is 0 Å². The zero-order chi connectivity index (χ0) is 17.6. The van der Waals surface area contributed by atoms with Gasteiger partial charge < -0.3 is 15.2 Å². The lowest BCUT2D eigenvalue weighted by Crippen LogP contribution is -2.56. The van der Waals surface area contributed by atoms with Crippen molar-refractivity contribution in [1.29, 1.82) is 0 Å². The molecule has 8 heteroatoms. The molecule has 1 atom stereocenters. The van der Waals surface area contributed by atoms with Crippen molar-refractivity contribution in [2.24, 2.45) is 0 Å². The summed E-state index contributed by atoms with van der Waals surface area (Å²) in [5.41, 5.74) is 3.79. The summed E-state index contributed by atoms with van der Waals surface area (Å²) in [5.74, 6) is -0.930. The number of para-hydroxylation sites is 1. The Balaban J connectivity index is 1.64. The fourth-order valence-corrected chi connectivity index (χ4v) is 2.54. The number of nitrogens with zero attached hydrogens (tertiary/aromatic N) is 2. The number of hydrogen-bond donors (Lipinski definition) is 3. The van der Waals surface area contributed by atoms with Crippen molar-refractivity contribution < 1.29 is 19.4 Å². The zero-order valence-electron chi connectivity index (χ0n) is 13.6. The van der Waals surface area contributed by atoms with Crippen LogP contribution < -0.4 is 10.7 Å². The molecule has 0 aliphatic carbocycles. The quantitative estimate of drug-likeness (QED) is 0.687. The summed E-state index contributed by atoms with van der Waals surface area (Å²) in [4.78, 5) is 28.8. The van der Waals surface area contributed by atoms with Crippen LogP contribution >= 0.6 is 0 Å². The number of aliphatic hydroxyl groups is 1. The van der Waals surface area contributed by atoms with E-state index in [-0.39, 0.29) is 0 Å². The van der Waals surface area contributed by atoms with E-state index in [1.54, 1.807) is 11.1 Å². The van der Waals surface area contributed by atoms with E-state index in [1.165, 1.54) is 6.20 Å². The molecule has 1 saturated heterocycles. The van der Waals surface area contributed by atoms with Crippen LogP contribution in [0.25, 0.3) is 10.9 Å². The highest BCUT2D eigenvalue weighted by Crippen LogP contribution is 2.12. The van der Waals surface area contributed by atoms with Crippen LogP contribution in [0.4, 0.5) is 0 Å². The second-order valence-corrected chi connectivity index (χ2v) is 5.70. The van der Waals surface area contributed by atoms with Crippen LogP contribution in [0.3, 0.4) is 0 Å². The number of fused-ring (bicyclic) bond motifs is 1. The molecule has 2 amide bonds. The van der Waals surface area contributed by atoms with E-state index in [9.17, 15) is 14.7 Å². The predicted octanol–water partition coefficient (Wildman–Crippen LogP) is -0.311. The highest BCUT2D eigenvalue weighted by atomic mass is 16.5. The lowest BCUT2D eigenvalue weighted by molar-refractivity contribution is -0.130. The van der Waals surface area contributed by atoms with Crippen LogP contribution in [0.2, 0.25) is 0 Å². The first kappa shape index (κ1) is 17.3. The molecule has 0 bridgehead atoms. The lowest BCUT2D eigenvalue weighted by Gasteiger charge is -2.28. The first-order chi connectivity index (χ1) is 12.2. The molecule has 0 unspecified atom stereocenters. The molecule has 2 heterocycles. The molecular weight excluding hydrogens is 324 g/mol. The summed E-state index contributed by atoms with van der Waals surface area (Å²) < 4.78 is 5.21. The molecule has 25 heavy (non-hydrogen) atoms. The molecule has 3 N–H and O–H groups in total. The number of benzene rings is 1. The van der Waals surface area contributed by atoms with Crippen LogP contribution in [-0.4, -0.2) is 65.9 Å². The zero-order valence-corrected chi connectivity index (χ0v) is 13.6. The predicted molar refractivity (Wildman–Crippen MR) is 90.6 cm³/mol. The Labute approximate surface area is 144 Å². The molecule has 2 aromatic rings. The van der Waals surface area contributed by atoms with Gasteiger partial charge in [-0.2, -0.15) is 0 Å². The maximum Gasteiger partial charge on any atom is 0.259 e. The average molecular weight is 344 g/mol. The van der Waals surface area contributed by atoms with Gasteiger partial charge in [-0.3, -0.25) is 20.0 Å². The number of hydrazine groups is 1. The number of carbonyl (C=O) groups is 2. The minimum Gasteiger partial charge on any atom is -0.394 e. The Morgan fingerprint density at radius 1 is 1.28 bits per heavy atom. The van der Waals surface area contributed by atoms with Crippen LogP contribution in [-0.2, 0) is 9.53 Å². The Bertz CT molecular complexity index is 761. The molecule has 3 rings (SSSR count). The van der Waals surface area contributed by atoms with Gasteiger partial charge >= 0.3 is 0 Å². The summed E-state index contributed by atoms with van der Waals surface area (Å²) in [6.45, 7) is 1.68. The molecule has 0 radical (unpaired) electrons.